The Kier molecular flexibility index (Phi) is 6.03. The van der Waals surface area contributed by atoms with Crippen molar-refractivity contribution in [3.8, 4) is 0 Å². The molecule has 0 aromatic heterocycles. The van der Waals surface area contributed by atoms with Crippen LogP contribution in [0.25, 0.3) is 0 Å². The predicted molar refractivity (Wildman–Crippen MR) is 105 cm³/mol. The summed E-state index contributed by atoms with van der Waals surface area (Å²) in [5.74, 6) is -0.401. The van der Waals surface area contributed by atoms with E-state index >= 15 is 0 Å². The van der Waals surface area contributed by atoms with Crippen LogP contribution in [0.5, 0.6) is 0 Å². The summed E-state index contributed by atoms with van der Waals surface area (Å²) in [4.78, 5) is 12.7. The van der Waals surface area contributed by atoms with E-state index in [1.165, 1.54) is 4.31 Å². The van der Waals surface area contributed by atoms with Crippen molar-refractivity contribution in [2.45, 2.75) is 24.7 Å². The van der Waals surface area contributed by atoms with Gasteiger partial charge in [-0.25, -0.2) is 13.8 Å². The van der Waals surface area contributed by atoms with Crippen molar-refractivity contribution in [1.29, 1.82) is 0 Å². The van der Waals surface area contributed by atoms with Gasteiger partial charge in [0, 0.05) is 19.0 Å². The fourth-order valence-corrected chi connectivity index (χ4v) is 4.56. The van der Waals surface area contributed by atoms with Crippen LogP contribution in [0.4, 0.5) is 0 Å². The summed E-state index contributed by atoms with van der Waals surface area (Å²) in [6.07, 6.45) is 0.968. The minimum atomic E-state index is -3.50. The highest BCUT2D eigenvalue weighted by atomic mass is 32.2. The van der Waals surface area contributed by atoms with E-state index in [2.05, 4.69) is 10.5 Å². The van der Waals surface area contributed by atoms with Crippen molar-refractivity contribution >= 4 is 21.6 Å². The number of piperidine rings is 1. The lowest BCUT2D eigenvalue weighted by atomic mass is 9.98. The lowest BCUT2D eigenvalue weighted by Crippen LogP contribution is -2.42. The third kappa shape index (κ3) is 4.61. The summed E-state index contributed by atoms with van der Waals surface area (Å²) >= 11 is 0. The number of carbonyl (C=O) groups is 1. The molecule has 1 saturated heterocycles. The van der Waals surface area contributed by atoms with Crippen LogP contribution in [0.3, 0.4) is 0 Å². The van der Waals surface area contributed by atoms with Crippen LogP contribution in [0.15, 0.2) is 70.7 Å². The molecule has 2 aromatic carbocycles. The molecule has 0 bridgehead atoms. The summed E-state index contributed by atoms with van der Waals surface area (Å²) in [6.45, 7) is 2.50. The molecule has 0 aliphatic carbocycles. The average Bonchev–Trinajstić information content (AvgIpc) is 2.73. The third-order valence-corrected chi connectivity index (χ3v) is 6.64. The molecule has 0 unspecified atom stereocenters. The molecular formula is C20H23N3O3S. The Morgan fingerprint density at radius 1 is 1.00 bits per heavy atom. The maximum atomic E-state index is 12.6. The molecule has 142 valence electrons. The number of hydrazone groups is 1. The molecule has 0 atom stereocenters. The minimum absolute atomic E-state index is 0.165. The summed E-state index contributed by atoms with van der Waals surface area (Å²) in [5, 5.41) is 4.17. The molecule has 6 nitrogen and oxygen atoms in total. The number of amides is 1. The number of rotatable bonds is 5. The molecule has 1 aliphatic heterocycles. The molecule has 1 fully saturated rings. The second-order valence-corrected chi connectivity index (χ2v) is 8.47. The molecule has 7 heteroatoms. The van der Waals surface area contributed by atoms with Crippen molar-refractivity contribution < 1.29 is 13.2 Å². The zero-order chi connectivity index (χ0) is 19.3. The highest BCUT2D eigenvalue weighted by Crippen LogP contribution is 2.23. The highest BCUT2D eigenvalue weighted by molar-refractivity contribution is 7.89. The van der Waals surface area contributed by atoms with Gasteiger partial charge in [-0.15, -0.1) is 0 Å². The fourth-order valence-electron chi connectivity index (χ4n) is 3.07. The molecule has 0 spiro atoms. The minimum Gasteiger partial charge on any atom is -0.273 e. The lowest BCUT2D eigenvalue weighted by molar-refractivity contribution is -0.126. The van der Waals surface area contributed by atoms with Gasteiger partial charge in [0.25, 0.3) is 0 Å². The Balaban J connectivity index is 1.57. The van der Waals surface area contributed by atoms with E-state index in [1.807, 2.05) is 37.3 Å². The topological polar surface area (TPSA) is 78.8 Å². The average molecular weight is 385 g/mol. The van der Waals surface area contributed by atoms with Gasteiger partial charge in [-0.3, -0.25) is 4.79 Å². The van der Waals surface area contributed by atoms with Crippen molar-refractivity contribution in [3.63, 3.8) is 0 Å². The van der Waals surface area contributed by atoms with E-state index in [9.17, 15) is 13.2 Å². The van der Waals surface area contributed by atoms with Gasteiger partial charge >= 0.3 is 0 Å². The van der Waals surface area contributed by atoms with Gasteiger partial charge in [-0.2, -0.15) is 9.41 Å². The smallest absolute Gasteiger partial charge is 0.243 e. The van der Waals surface area contributed by atoms with Gasteiger partial charge in [0.05, 0.1) is 10.6 Å². The van der Waals surface area contributed by atoms with Crippen LogP contribution in [0.1, 0.15) is 25.3 Å². The Morgan fingerprint density at radius 3 is 2.15 bits per heavy atom. The first-order chi connectivity index (χ1) is 13.0. The first-order valence-electron chi connectivity index (χ1n) is 8.93. The van der Waals surface area contributed by atoms with E-state index in [1.54, 1.807) is 30.3 Å². The van der Waals surface area contributed by atoms with Gasteiger partial charge in [0.15, 0.2) is 0 Å². The van der Waals surface area contributed by atoms with E-state index in [4.69, 9.17) is 0 Å². The predicted octanol–water partition coefficient (Wildman–Crippen LogP) is 2.63. The zero-order valence-electron chi connectivity index (χ0n) is 15.2. The quantitative estimate of drug-likeness (QED) is 0.635. The van der Waals surface area contributed by atoms with Gasteiger partial charge < -0.3 is 0 Å². The third-order valence-electron chi connectivity index (χ3n) is 4.73. The summed E-state index contributed by atoms with van der Waals surface area (Å²) < 4.78 is 26.7. The van der Waals surface area contributed by atoms with Gasteiger partial charge in [-0.1, -0.05) is 48.5 Å². The first kappa shape index (κ1) is 19.3. The molecule has 1 N–H and O–H groups in total. The van der Waals surface area contributed by atoms with Crippen LogP contribution < -0.4 is 5.43 Å². The summed E-state index contributed by atoms with van der Waals surface area (Å²) in [7, 11) is -3.50. The number of hydrogen-bond donors (Lipinski definition) is 1. The maximum absolute atomic E-state index is 12.6. The van der Waals surface area contributed by atoms with Crippen LogP contribution in [0.2, 0.25) is 0 Å². The van der Waals surface area contributed by atoms with Gasteiger partial charge in [0.1, 0.15) is 0 Å². The van der Waals surface area contributed by atoms with Gasteiger partial charge in [0.2, 0.25) is 15.9 Å². The second-order valence-electron chi connectivity index (χ2n) is 6.53. The monoisotopic (exact) mass is 385 g/mol. The van der Waals surface area contributed by atoms with Crippen LogP contribution in [-0.4, -0.2) is 37.4 Å². The number of benzene rings is 2. The van der Waals surface area contributed by atoms with Crippen LogP contribution >= 0.6 is 0 Å². The van der Waals surface area contributed by atoms with E-state index in [-0.39, 0.29) is 16.7 Å². The molecule has 1 amide bonds. The summed E-state index contributed by atoms with van der Waals surface area (Å²) in [5.41, 5.74) is 4.29. The van der Waals surface area contributed by atoms with Crippen molar-refractivity contribution in [1.82, 2.24) is 9.73 Å². The summed E-state index contributed by atoms with van der Waals surface area (Å²) in [6, 6.07) is 18.0. The van der Waals surface area contributed by atoms with E-state index in [0.29, 0.717) is 25.9 Å². The molecular weight excluding hydrogens is 362 g/mol. The highest BCUT2D eigenvalue weighted by Gasteiger charge is 2.31. The standard InChI is InChI=1S/C20H23N3O3S/c1-16(17-8-4-2-5-9-17)21-22-20(24)18-12-14-23(15-13-18)27(25,26)19-10-6-3-7-11-19/h2-11,18H,12-15H2,1H3,(H,22,24)/b21-16-. The van der Waals surface area contributed by atoms with Crippen LogP contribution in [-0.2, 0) is 14.8 Å². The Bertz CT molecular complexity index is 904. The fraction of sp³-hybridized carbons (Fsp3) is 0.300. The SMILES string of the molecule is C/C(=N/NC(=O)C1CCN(S(=O)(=O)c2ccccc2)CC1)c1ccccc1. The molecule has 1 aliphatic rings. The van der Waals surface area contributed by atoms with Crippen molar-refractivity contribution in [3.05, 3.63) is 66.2 Å². The largest absolute Gasteiger partial charge is 0.273 e. The number of carbonyl (C=O) groups excluding carboxylic acids is 1. The lowest BCUT2D eigenvalue weighted by Gasteiger charge is -2.30. The molecule has 0 saturated carbocycles. The first-order valence-corrected chi connectivity index (χ1v) is 10.4. The maximum Gasteiger partial charge on any atom is 0.243 e. The van der Waals surface area contributed by atoms with Crippen molar-refractivity contribution in [2.75, 3.05) is 13.1 Å². The molecule has 3 rings (SSSR count). The molecule has 2 aromatic rings. The zero-order valence-corrected chi connectivity index (χ0v) is 16.0. The van der Waals surface area contributed by atoms with E-state index < -0.39 is 10.0 Å². The van der Waals surface area contributed by atoms with Crippen LogP contribution in [0, 0.1) is 5.92 Å². The Morgan fingerprint density at radius 2 is 1.56 bits per heavy atom. The normalized spacial score (nSPS) is 16.9. The molecule has 1 heterocycles. The number of nitrogens with zero attached hydrogens (tertiary/aromatic N) is 2. The molecule has 27 heavy (non-hydrogen) atoms. The van der Waals surface area contributed by atoms with E-state index in [0.717, 1.165) is 11.3 Å². The van der Waals surface area contributed by atoms with Crippen molar-refractivity contribution in [2.24, 2.45) is 11.0 Å². The number of nitrogens with one attached hydrogen (secondary N) is 1. The Labute approximate surface area is 159 Å². The number of hydrogen-bond acceptors (Lipinski definition) is 4. The second kappa shape index (κ2) is 8.45. The number of sulfonamides is 1. The molecule has 0 radical (unpaired) electrons. The van der Waals surface area contributed by atoms with Gasteiger partial charge in [-0.05, 0) is 37.5 Å². The Hall–Kier alpha value is -2.51.